The van der Waals surface area contributed by atoms with E-state index in [1.165, 1.54) is 10.6 Å². The van der Waals surface area contributed by atoms with E-state index < -0.39 is 0 Å². The first kappa shape index (κ1) is 14.0. The molecule has 1 saturated carbocycles. The number of Topliss-reactive ketones (excluding diaryl/α,β-unsaturated/α-hetero) is 1. The maximum atomic E-state index is 12.7. The van der Waals surface area contributed by atoms with Gasteiger partial charge in [-0.25, -0.2) is 0 Å². The summed E-state index contributed by atoms with van der Waals surface area (Å²) >= 11 is 0. The fraction of sp³-hybridized carbons (Fsp3) is 0.562. The predicted octanol–water partition coefficient (Wildman–Crippen LogP) is 1.36. The van der Waals surface area contributed by atoms with Gasteiger partial charge in [0.1, 0.15) is 5.78 Å². The first-order chi connectivity index (χ1) is 10.1. The Morgan fingerprint density at radius 3 is 2.67 bits per heavy atom. The molecule has 1 saturated heterocycles. The number of aryl methyl sites for hydroxylation is 1. The van der Waals surface area contributed by atoms with Gasteiger partial charge in [-0.15, -0.1) is 0 Å². The molecule has 0 bridgehead atoms. The highest BCUT2D eigenvalue weighted by molar-refractivity contribution is 5.95. The number of pyridine rings is 1. The third-order valence-corrected chi connectivity index (χ3v) is 4.71. The van der Waals surface area contributed by atoms with Crippen LogP contribution in [0.1, 0.15) is 42.5 Å². The molecule has 5 nitrogen and oxygen atoms in total. The maximum Gasteiger partial charge on any atom is 0.255 e. The van der Waals surface area contributed by atoms with E-state index in [2.05, 4.69) is 0 Å². The Morgan fingerprint density at radius 2 is 2.00 bits per heavy atom. The van der Waals surface area contributed by atoms with Gasteiger partial charge in [0.25, 0.3) is 5.91 Å². The zero-order valence-corrected chi connectivity index (χ0v) is 12.2. The quantitative estimate of drug-likeness (QED) is 0.825. The summed E-state index contributed by atoms with van der Waals surface area (Å²) in [5.41, 5.74) is 0.393. The molecular formula is C16H20N2O3. The van der Waals surface area contributed by atoms with Crippen molar-refractivity contribution in [1.29, 1.82) is 0 Å². The number of aromatic nitrogens is 1. The first-order valence-corrected chi connectivity index (χ1v) is 7.58. The number of nitrogens with zero attached hydrogens (tertiary/aromatic N) is 2. The number of rotatable bonds is 2. The Labute approximate surface area is 123 Å². The van der Waals surface area contributed by atoms with Gasteiger partial charge in [-0.2, -0.15) is 0 Å². The summed E-state index contributed by atoms with van der Waals surface area (Å²) < 4.78 is 1.42. The molecule has 2 unspecified atom stereocenters. The second kappa shape index (κ2) is 5.47. The molecule has 0 N–H and O–H groups in total. The number of hydrogen-bond donors (Lipinski definition) is 0. The van der Waals surface area contributed by atoms with Gasteiger partial charge in [0.2, 0.25) is 5.56 Å². The van der Waals surface area contributed by atoms with Gasteiger partial charge < -0.3 is 9.47 Å². The Bertz CT molecular complexity index is 635. The topological polar surface area (TPSA) is 59.4 Å². The van der Waals surface area contributed by atoms with E-state index in [1.54, 1.807) is 19.3 Å². The summed E-state index contributed by atoms with van der Waals surface area (Å²) in [5, 5.41) is 0. The van der Waals surface area contributed by atoms with E-state index >= 15 is 0 Å². The molecule has 1 aliphatic heterocycles. The summed E-state index contributed by atoms with van der Waals surface area (Å²) in [4.78, 5) is 37.9. The van der Waals surface area contributed by atoms with Crippen molar-refractivity contribution in [2.75, 3.05) is 6.54 Å². The summed E-state index contributed by atoms with van der Waals surface area (Å²) in [5.74, 6) is 0.261. The Kier molecular flexibility index (Phi) is 3.66. The van der Waals surface area contributed by atoms with Crippen LogP contribution >= 0.6 is 0 Å². The standard InChI is InChI=1S/C16H20N2O3/c1-17-10-11(7-8-15(17)20)16(21)18-9-3-5-13(18)12-4-2-6-14(12)19/h7-8,10,12-13H,2-6,9H2,1H3. The van der Waals surface area contributed by atoms with Gasteiger partial charge in [0.05, 0.1) is 5.56 Å². The van der Waals surface area contributed by atoms with Gasteiger partial charge in [0, 0.05) is 44.2 Å². The molecular weight excluding hydrogens is 268 g/mol. The van der Waals surface area contributed by atoms with Crippen LogP contribution in [0.2, 0.25) is 0 Å². The zero-order chi connectivity index (χ0) is 15.0. The minimum atomic E-state index is -0.129. The van der Waals surface area contributed by atoms with Gasteiger partial charge >= 0.3 is 0 Å². The molecule has 1 aromatic heterocycles. The SMILES string of the molecule is Cn1cc(C(=O)N2CCCC2C2CCCC2=O)ccc1=O. The van der Waals surface area contributed by atoms with Crippen LogP contribution in [0.3, 0.4) is 0 Å². The lowest BCUT2D eigenvalue weighted by molar-refractivity contribution is -0.121. The molecule has 2 heterocycles. The number of likely N-dealkylation sites (tertiary alicyclic amines) is 1. The highest BCUT2D eigenvalue weighted by Gasteiger charge is 2.40. The zero-order valence-electron chi connectivity index (χ0n) is 12.2. The highest BCUT2D eigenvalue weighted by Crippen LogP contribution is 2.33. The molecule has 2 atom stereocenters. The van der Waals surface area contributed by atoms with Crippen LogP contribution < -0.4 is 5.56 Å². The van der Waals surface area contributed by atoms with Crippen LogP contribution in [0.4, 0.5) is 0 Å². The van der Waals surface area contributed by atoms with E-state index in [-0.39, 0.29) is 23.4 Å². The third kappa shape index (κ3) is 2.52. The minimum Gasteiger partial charge on any atom is -0.335 e. The van der Waals surface area contributed by atoms with Gasteiger partial charge in [-0.05, 0) is 31.7 Å². The number of carbonyl (C=O) groups is 2. The molecule has 1 amide bonds. The molecule has 1 aromatic rings. The second-order valence-corrected chi connectivity index (χ2v) is 6.04. The van der Waals surface area contributed by atoms with Crippen molar-refractivity contribution < 1.29 is 9.59 Å². The summed E-state index contributed by atoms with van der Waals surface area (Å²) in [6.07, 6.45) is 5.95. The highest BCUT2D eigenvalue weighted by atomic mass is 16.2. The third-order valence-electron chi connectivity index (χ3n) is 4.71. The van der Waals surface area contributed by atoms with E-state index in [0.717, 1.165) is 25.7 Å². The van der Waals surface area contributed by atoms with Gasteiger partial charge in [-0.3, -0.25) is 14.4 Å². The van der Waals surface area contributed by atoms with Crippen LogP contribution in [0.5, 0.6) is 0 Å². The van der Waals surface area contributed by atoms with Crippen LogP contribution in [-0.2, 0) is 11.8 Å². The molecule has 1 aliphatic carbocycles. The van der Waals surface area contributed by atoms with Crippen LogP contribution in [-0.4, -0.2) is 33.7 Å². The Balaban J connectivity index is 1.84. The molecule has 0 aromatic carbocycles. The molecule has 0 spiro atoms. The molecule has 21 heavy (non-hydrogen) atoms. The van der Waals surface area contributed by atoms with Crippen molar-refractivity contribution in [3.05, 3.63) is 34.2 Å². The van der Waals surface area contributed by atoms with Crippen LogP contribution in [0, 0.1) is 5.92 Å². The molecule has 3 rings (SSSR count). The van der Waals surface area contributed by atoms with Crippen molar-refractivity contribution in [2.24, 2.45) is 13.0 Å². The summed E-state index contributed by atoms with van der Waals surface area (Å²) in [7, 11) is 1.64. The summed E-state index contributed by atoms with van der Waals surface area (Å²) in [6, 6.07) is 3.04. The molecule has 5 heteroatoms. The van der Waals surface area contributed by atoms with Crippen LogP contribution in [0.25, 0.3) is 0 Å². The van der Waals surface area contributed by atoms with Gasteiger partial charge in [-0.1, -0.05) is 0 Å². The average Bonchev–Trinajstić information content (AvgIpc) is 3.09. The lowest BCUT2D eigenvalue weighted by Gasteiger charge is -2.28. The molecule has 0 radical (unpaired) electrons. The molecule has 2 fully saturated rings. The normalized spacial score (nSPS) is 25.6. The van der Waals surface area contributed by atoms with E-state index in [1.807, 2.05) is 4.90 Å². The number of carbonyl (C=O) groups excluding carboxylic acids is 2. The van der Waals surface area contributed by atoms with E-state index in [9.17, 15) is 14.4 Å². The monoisotopic (exact) mass is 288 g/mol. The molecule has 2 aliphatic rings. The number of ketones is 1. The first-order valence-electron chi connectivity index (χ1n) is 7.58. The van der Waals surface area contributed by atoms with Crippen LogP contribution in [0.15, 0.2) is 23.1 Å². The lowest BCUT2D eigenvalue weighted by Crippen LogP contribution is -2.41. The Morgan fingerprint density at radius 1 is 1.19 bits per heavy atom. The van der Waals surface area contributed by atoms with E-state index in [0.29, 0.717) is 24.3 Å². The van der Waals surface area contributed by atoms with Crippen molar-refractivity contribution >= 4 is 11.7 Å². The fourth-order valence-electron chi connectivity index (χ4n) is 3.60. The minimum absolute atomic E-state index is 0.0176. The second-order valence-electron chi connectivity index (χ2n) is 6.04. The molecule has 112 valence electrons. The largest absolute Gasteiger partial charge is 0.335 e. The fourth-order valence-corrected chi connectivity index (χ4v) is 3.60. The lowest BCUT2D eigenvalue weighted by atomic mass is 9.95. The smallest absolute Gasteiger partial charge is 0.255 e. The number of amides is 1. The summed E-state index contributed by atoms with van der Waals surface area (Å²) in [6.45, 7) is 0.704. The van der Waals surface area contributed by atoms with Crippen molar-refractivity contribution in [3.8, 4) is 0 Å². The van der Waals surface area contributed by atoms with Crippen molar-refractivity contribution in [3.63, 3.8) is 0 Å². The number of hydrogen-bond acceptors (Lipinski definition) is 3. The van der Waals surface area contributed by atoms with Crippen molar-refractivity contribution in [1.82, 2.24) is 9.47 Å². The van der Waals surface area contributed by atoms with E-state index in [4.69, 9.17) is 0 Å². The van der Waals surface area contributed by atoms with Crippen molar-refractivity contribution in [2.45, 2.75) is 38.1 Å². The average molecular weight is 288 g/mol. The predicted molar refractivity (Wildman–Crippen MR) is 78.1 cm³/mol. The maximum absolute atomic E-state index is 12.7. The van der Waals surface area contributed by atoms with Gasteiger partial charge in [0.15, 0.2) is 0 Å². The Hall–Kier alpha value is -1.91.